The summed E-state index contributed by atoms with van der Waals surface area (Å²) in [7, 11) is 0. The molecule has 0 aromatic heterocycles. The van der Waals surface area contributed by atoms with Crippen molar-refractivity contribution in [2.75, 3.05) is 12.8 Å². The maximum absolute atomic E-state index is 10.9. The quantitative estimate of drug-likeness (QED) is 0.606. The van der Waals surface area contributed by atoms with E-state index in [0.29, 0.717) is 6.54 Å². The van der Waals surface area contributed by atoms with Crippen LogP contribution in [0.1, 0.15) is 6.92 Å². The summed E-state index contributed by atoms with van der Waals surface area (Å²) in [5, 5.41) is 11.3. The predicted octanol–water partition coefficient (Wildman–Crippen LogP) is 2.52. The number of thioether (sulfide) groups is 2. The van der Waals surface area contributed by atoms with Crippen molar-refractivity contribution in [3.05, 3.63) is 24.3 Å². The first-order valence-electron chi connectivity index (χ1n) is 4.94. The van der Waals surface area contributed by atoms with Crippen LogP contribution in [0.4, 0.5) is 0 Å². The summed E-state index contributed by atoms with van der Waals surface area (Å²) in [5.41, 5.74) is 0. The van der Waals surface area contributed by atoms with Gasteiger partial charge in [-0.15, -0.1) is 11.8 Å². The number of likely N-dealkylation sites (N-methyl/N-ethyl adjacent to an activating group) is 1. The van der Waals surface area contributed by atoms with Gasteiger partial charge in [0.2, 0.25) is 0 Å². The second-order valence-corrected chi connectivity index (χ2v) is 5.13. The SMILES string of the molecule is CCNC(Sc1ccc(SC)cc1)C(=O)O. The van der Waals surface area contributed by atoms with Crippen LogP contribution in [-0.4, -0.2) is 29.3 Å². The van der Waals surface area contributed by atoms with Crippen LogP contribution in [0, 0.1) is 0 Å². The molecule has 0 saturated heterocycles. The lowest BCUT2D eigenvalue weighted by Gasteiger charge is -2.12. The lowest BCUT2D eigenvalue weighted by atomic mass is 10.4. The summed E-state index contributed by atoms with van der Waals surface area (Å²) >= 11 is 2.99. The Kier molecular flexibility index (Phi) is 5.73. The van der Waals surface area contributed by atoms with Crippen LogP contribution in [-0.2, 0) is 4.79 Å². The van der Waals surface area contributed by atoms with E-state index >= 15 is 0 Å². The lowest BCUT2D eigenvalue weighted by Crippen LogP contribution is -2.33. The second-order valence-electron chi connectivity index (χ2n) is 3.07. The average Bonchev–Trinajstić information content (AvgIpc) is 2.29. The van der Waals surface area contributed by atoms with Gasteiger partial charge in [-0.2, -0.15) is 0 Å². The Labute approximate surface area is 104 Å². The molecule has 16 heavy (non-hydrogen) atoms. The van der Waals surface area contributed by atoms with Gasteiger partial charge in [0.05, 0.1) is 0 Å². The number of carbonyl (C=O) groups is 1. The minimum Gasteiger partial charge on any atom is -0.479 e. The van der Waals surface area contributed by atoms with Gasteiger partial charge < -0.3 is 5.11 Å². The standard InChI is InChI=1S/C11H15NO2S2/c1-3-12-10(11(13)14)16-9-6-4-8(15-2)5-7-9/h4-7,10,12H,3H2,1-2H3,(H,13,14). The number of carboxylic acid groups (broad SMARTS) is 1. The summed E-state index contributed by atoms with van der Waals surface area (Å²) in [6.07, 6.45) is 2.01. The third-order valence-corrected chi connectivity index (χ3v) is 3.82. The van der Waals surface area contributed by atoms with Crippen LogP contribution >= 0.6 is 23.5 Å². The third kappa shape index (κ3) is 4.08. The van der Waals surface area contributed by atoms with Crippen LogP contribution < -0.4 is 5.32 Å². The minimum absolute atomic E-state index is 0.579. The highest BCUT2D eigenvalue weighted by Crippen LogP contribution is 2.24. The van der Waals surface area contributed by atoms with E-state index in [4.69, 9.17) is 5.11 Å². The average molecular weight is 257 g/mol. The summed E-state index contributed by atoms with van der Waals surface area (Å²) in [6.45, 7) is 2.54. The lowest BCUT2D eigenvalue weighted by molar-refractivity contribution is -0.136. The maximum Gasteiger partial charge on any atom is 0.331 e. The Morgan fingerprint density at radius 1 is 1.38 bits per heavy atom. The molecule has 3 nitrogen and oxygen atoms in total. The van der Waals surface area contributed by atoms with E-state index in [1.54, 1.807) is 11.8 Å². The van der Waals surface area contributed by atoms with Crippen molar-refractivity contribution >= 4 is 29.5 Å². The first kappa shape index (κ1) is 13.4. The smallest absolute Gasteiger partial charge is 0.331 e. The Hall–Kier alpha value is -0.650. The van der Waals surface area contributed by atoms with Crippen molar-refractivity contribution in [2.45, 2.75) is 22.1 Å². The largest absolute Gasteiger partial charge is 0.479 e. The summed E-state index contributed by atoms with van der Waals surface area (Å²) in [5.74, 6) is -0.833. The Balaban J connectivity index is 2.65. The van der Waals surface area contributed by atoms with E-state index in [0.717, 1.165) is 4.90 Å². The molecular weight excluding hydrogens is 242 g/mol. The molecule has 1 rings (SSSR count). The van der Waals surface area contributed by atoms with Crippen LogP contribution in [0.2, 0.25) is 0 Å². The fraction of sp³-hybridized carbons (Fsp3) is 0.364. The number of aliphatic carboxylic acids is 1. The summed E-state index contributed by atoms with van der Waals surface area (Å²) < 4.78 is 0. The van der Waals surface area contributed by atoms with Gasteiger partial charge in [0, 0.05) is 9.79 Å². The molecule has 1 unspecified atom stereocenters. The molecular formula is C11H15NO2S2. The van der Waals surface area contributed by atoms with Crippen molar-refractivity contribution in [2.24, 2.45) is 0 Å². The first-order chi connectivity index (χ1) is 7.67. The predicted molar refractivity (Wildman–Crippen MR) is 69.2 cm³/mol. The number of carboxylic acids is 1. The summed E-state index contributed by atoms with van der Waals surface area (Å²) in [6, 6.07) is 7.89. The Morgan fingerprint density at radius 3 is 2.38 bits per heavy atom. The van der Waals surface area contributed by atoms with Gasteiger partial charge in [0.1, 0.15) is 0 Å². The van der Waals surface area contributed by atoms with Crippen LogP contribution in [0.25, 0.3) is 0 Å². The fourth-order valence-corrected chi connectivity index (χ4v) is 2.48. The number of hydrogen-bond acceptors (Lipinski definition) is 4. The molecule has 0 amide bonds. The van der Waals surface area contributed by atoms with E-state index in [2.05, 4.69) is 5.32 Å². The fourth-order valence-electron chi connectivity index (χ4n) is 1.16. The van der Waals surface area contributed by atoms with E-state index in [1.165, 1.54) is 16.7 Å². The van der Waals surface area contributed by atoms with E-state index in [-0.39, 0.29) is 0 Å². The van der Waals surface area contributed by atoms with Crippen molar-refractivity contribution in [1.82, 2.24) is 5.32 Å². The topological polar surface area (TPSA) is 49.3 Å². The molecule has 88 valence electrons. The molecule has 0 heterocycles. The van der Waals surface area contributed by atoms with Gasteiger partial charge in [-0.05, 0) is 37.1 Å². The number of nitrogens with one attached hydrogen (secondary N) is 1. The van der Waals surface area contributed by atoms with Crippen molar-refractivity contribution in [1.29, 1.82) is 0 Å². The Bertz CT molecular complexity index is 340. The van der Waals surface area contributed by atoms with Crippen molar-refractivity contribution in [3.63, 3.8) is 0 Å². The molecule has 0 fully saturated rings. The van der Waals surface area contributed by atoms with Gasteiger partial charge in [-0.25, -0.2) is 4.79 Å². The molecule has 0 spiro atoms. The van der Waals surface area contributed by atoms with Gasteiger partial charge in [0.25, 0.3) is 0 Å². The molecule has 0 bridgehead atoms. The molecule has 0 aliphatic carbocycles. The van der Waals surface area contributed by atoms with Crippen molar-refractivity contribution < 1.29 is 9.90 Å². The molecule has 0 radical (unpaired) electrons. The molecule has 5 heteroatoms. The monoisotopic (exact) mass is 257 g/mol. The molecule has 0 saturated carbocycles. The van der Waals surface area contributed by atoms with Crippen molar-refractivity contribution in [3.8, 4) is 0 Å². The molecule has 1 atom stereocenters. The molecule has 0 aliphatic heterocycles. The normalized spacial score (nSPS) is 12.4. The highest BCUT2D eigenvalue weighted by Gasteiger charge is 2.16. The second kappa shape index (κ2) is 6.83. The molecule has 1 aromatic carbocycles. The zero-order valence-electron chi connectivity index (χ0n) is 9.27. The zero-order valence-corrected chi connectivity index (χ0v) is 10.9. The van der Waals surface area contributed by atoms with Gasteiger partial charge >= 0.3 is 5.97 Å². The first-order valence-corrected chi connectivity index (χ1v) is 7.04. The molecule has 1 aromatic rings. The van der Waals surface area contributed by atoms with E-state index in [9.17, 15) is 4.79 Å². The Morgan fingerprint density at radius 2 is 1.94 bits per heavy atom. The highest BCUT2D eigenvalue weighted by atomic mass is 32.2. The summed E-state index contributed by atoms with van der Waals surface area (Å²) in [4.78, 5) is 13.1. The van der Waals surface area contributed by atoms with E-state index in [1.807, 2.05) is 37.4 Å². The number of rotatable bonds is 6. The van der Waals surface area contributed by atoms with Gasteiger partial charge in [-0.1, -0.05) is 18.7 Å². The van der Waals surface area contributed by atoms with Gasteiger partial charge in [0.15, 0.2) is 5.37 Å². The molecule has 2 N–H and O–H groups in total. The number of hydrogen-bond donors (Lipinski definition) is 2. The van der Waals surface area contributed by atoms with Gasteiger partial charge in [-0.3, -0.25) is 5.32 Å². The third-order valence-electron chi connectivity index (χ3n) is 1.93. The van der Waals surface area contributed by atoms with Crippen LogP contribution in [0.15, 0.2) is 34.1 Å². The molecule has 0 aliphatic rings. The highest BCUT2D eigenvalue weighted by molar-refractivity contribution is 8.00. The minimum atomic E-state index is -0.833. The van der Waals surface area contributed by atoms with E-state index < -0.39 is 11.3 Å². The van der Waals surface area contributed by atoms with Crippen LogP contribution in [0.5, 0.6) is 0 Å². The number of benzene rings is 1. The zero-order chi connectivity index (χ0) is 12.0. The maximum atomic E-state index is 10.9. The van der Waals surface area contributed by atoms with Crippen LogP contribution in [0.3, 0.4) is 0 Å².